The fourth-order valence-corrected chi connectivity index (χ4v) is 1.32. The van der Waals surface area contributed by atoms with Crippen LogP contribution < -0.4 is 11.1 Å². The SMILES string of the molecule is COC(=O)C(C)NC(=O)C(N)CSC. The smallest absolute Gasteiger partial charge is 0.328 e. The number of ether oxygens (including phenoxy) is 1. The molecule has 5 nitrogen and oxygen atoms in total. The van der Waals surface area contributed by atoms with Crippen LogP contribution in [0.5, 0.6) is 0 Å². The molecule has 0 saturated heterocycles. The number of hydrogen-bond donors (Lipinski definition) is 2. The highest BCUT2D eigenvalue weighted by Gasteiger charge is 2.19. The lowest BCUT2D eigenvalue weighted by Crippen LogP contribution is -2.48. The first kappa shape index (κ1) is 13.2. The number of amides is 1. The van der Waals surface area contributed by atoms with E-state index in [1.807, 2.05) is 6.26 Å². The van der Waals surface area contributed by atoms with Crippen LogP contribution >= 0.6 is 11.8 Å². The Morgan fingerprint density at radius 3 is 2.57 bits per heavy atom. The molecule has 0 aliphatic rings. The summed E-state index contributed by atoms with van der Waals surface area (Å²) >= 11 is 1.48. The number of rotatable bonds is 5. The van der Waals surface area contributed by atoms with E-state index in [9.17, 15) is 9.59 Å². The molecular formula is C8H16N2O3S. The molecule has 2 atom stereocenters. The molecule has 0 aromatic heterocycles. The molecule has 6 heteroatoms. The third-order valence-corrected chi connectivity index (χ3v) is 2.29. The van der Waals surface area contributed by atoms with Crippen LogP contribution in [0.15, 0.2) is 0 Å². The number of nitrogens with two attached hydrogens (primary N) is 1. The molecule has 14 heavy (non-hydrogen) atoms. The average molecular weight is 220 g/mol. The first-order valence-electron chi connectivity index (χ1n) is 4.15. The predicted molar refractivity (Wildman–Crippen MR) is 56.0 cm³/mol. The van der Waals surface area contributed by atoms with Gasteiger partial charge in [0.15, 0.2) is 0 Å². The zero-order valence-corrected chi connectivity index (χ0v) is 9.39. The van der Waals surface area contributed by atoms with Crippen molar-refractivity contribution in [3.8, 4) is 0 Å². The Morgan fingerprint density at radius 1 is 1.57 bits per heavy atom. The van der Waals surface area contributed by atoms with Crippen LogP contribution in [-0.4, -0.2) is 43.1 Å². The molecule has 0 aromatic rings. The Morgan fingerprint density at radius 2 is 2.14 bits per heavy atom. The standard InChI is InChI=1S/C8H16N2O3S/c1-5(8(12)13-2)10-7(11)6(9)4-14-3/h5-6H,4,9H2,1-3H3,(H,10,11). The summed E-state index contributed by atoms with van der Waals surface area (Å²) in [7, 11) is 1.27. The van der Waals surface area contributed by atoms with E-state index in [-0.39, 0.29) is 5.91 Å². The third-order valence-electron chi connectivity index (χ3n) is 1.60. The summed E-state index contributed by atoms with van der Waals surface area (Å²) in [6.45, 7) is 1.55. The van der Waals surface area contributed by atoms with Crippen LogP contribution in [-0.2, 0) is 14.3 Å². The molecule has 0 aliphatic carbocycles. The van der Waals surface area contributed by atoms with Gasteiger partial charge in [0.1, 0.15) is 6.04 Å². The number of carbonyl (C=O) groups is 2. The topological polar surface area (TPSA) is 81.4 Å². The van der Waals surface area contributed by atoms with E-state index in [2.05, 4.69) is 10.1 Å². The van der Waals surface area contributed by atoms with Crippen LogP contribution in [0.4, 0.5) is 0 Å². The molecule has 0 heterocycles. The van der Waals surface area contributed by atoms with Gasteiger partial charge in [0, 0.05) is 5.75 Å². The molecule has 0 spiro atoms. The van der Waals surface area contributed by atoms with E-state index < -0.39 is 18.1 Å². The lowest BCUT2D eigenvalue weighted by Gasteiger charge is -2.14. The number of nitrogens with one attached hydrogen (secondary N) is 1. The van der Waals surface area contributed by atoms with Crippen molar-refractivity contribution < 1.29 is 14.3 Å². The van der Waals surface area contributed by atoms with Gasteiger partial charge in [-0.3, -0.25) is 4.79 Å². The van der Waals surface area contributed by atoms with Gasteiger partial charge >= 0.3 is 5.97 Å². The van der Waals surface area contributed by atoms with E-state index in [4.69, 9.17) is 5.73 Å². The van der Waals surface area contributed by atoms with Gasteiger partial charge in [-0.05, 0) is 13.2 Å². The zero-order chi connectivity index (χ0) is 11.1. The van der Waals surface area contributed by atoms with Gasteiger partial charge in [-0.25, -0.2) is 4.79 Å². The summed E-state index contributed by atoms with van der Waals surface area (Å²) in [4.78, 5) is 22.3. The summed E-state index contributed by atoms with van der Waals surface area (Å²) < 4.78 is 4.45. The maximum atomic E-state index is 11.3. The highest BCUT2D eigenvalue weighted by atomic mass is 32.2. The second-order valence-electron chi connectivity index (χ2n) is 2.82. The summed E-state index contributed by atoms with van der Waals surface area (Å²) in [5.74, 6) is -0.286. The molecule has 0 aromatic carbocycles. The molecule has 1 amide bonds. The van der Waals surface area contributed by atoms with E-state index in [1.165, 1.54) is 18.9 Å². The van der Waals surface area contributed by atoms with Gasteiger partial charge in [-0.1, -0.05) is 0 Å². The fourth-order valence-electron chi connectivity index (χ4n) is 0.811. The molecule has 0 rings (SSSR count). The molecule has 82 valence electrons. The summed E-state index contributed by atoms with van der Waals surface area (Å²) in [6, 6.07) is -1.24. The van der Waals surface area contributed by atoms with Crippen LogP contribution in [0.3, 0.4) is 0 Å². The minimum atomic E-state index is -0.652. The molecule has 0 aliphatic heterocycles. The van der Waals surface area contributed by atoms with Crippen molar-refractivity contribution in [3.05, 3.63) is 0 Å². The lowest BCUT2D eigenvalue weighted by molar-refractivity contribution is -0.144. The average Bonchev–Trinajstić information content (AvgIpc) is 2.16. The first-order chi connectivity index (χ1) is 6.52. The molecule has 0 bridgehead atoms. The Bertz CT molecular complexity index is 211. The molecule has 0 saturated carbocycles. The summed E-state index contributed by atoms with van der Waals surface area (Å²) in [5.41, 5.74) is 5.53. The monoisotopic (exact) mass is 220 g/mol. The minimum absolute atomic E-state index is 0.336. The van der Waals surface area contributed by atoms with Gasteiger partial charge < -0.3 is 15.8 Å². The van der Waals surface area contributed by atoms with Crippen molar-refractivity contribution in [3.63, 3.8) is 0 Å². The van der Waals surface area contributed by atoms with Gasteiger partial charge in [0.05, 0.1) is 13.2 Å². The van der Waals surface area contributed by atoms with Crippen molar-refractivity contribution in [2.24, 2.45) is 5.73 Å². The number of hydrogen-bond acceptors (Lipinski definition) is 5. The molecule has 0 radical (unpaired) electrons. The number of esters is 1. The van der Waals surface area contributed by atoms with Gasteiger partial charge in [-0.15, -0.1) is 0 Å². The van der Waals surface area contributed by atoms with E-state index in [1.54, 1.807) is 6.92 Å². The molecule has 3 N–H and O–H groups in total. The Hall–Kier alpha value is -0.750. The van der Waals surface area contributed by atoms with E-state index in [0.29, 0.717) is 5.75 Å². The Labute approximate surface area is 87.7 Å². The second kappa shape index (κ2) is 6.67. The maximum absolute atomic E-state index is 11.3. The highest BCUT2D eigenvalue weighted by molar-refractivity contribution is 7.98. The number of thioether (sulfide) groups is 1. The second-order valence-corrected chi connectivity index (χ2v) is 3.73. The summed E-state index contributed by atoms with van der Waals surface area (Å²) in [6.07, 6.45) is 1.86. The van der Waals surface area contributed by atoms with E-state index in [0.717, 1.165) is 0 Å². The van der Waals surface area contributed by atoms with Crippen LogP contribution in [0.25, 0.3) is 0 Å². The Balaban J connectivity index is 3.98. The van der Waals surface area contributed by atoms with Crippen LogP contribution in [0.2, 0.25) is 0 Å². The van der Waals surface area contributed by atoms with Crippen molar-refractivity contribution in [2.45, 2.75) is 19.0 Å². The van der Waals surface area contributed by atoms with Crippen LogP contribution in [0.1, 0.15) is 6.92 Å². The van der Waals surface area contributed by atoms with Gasteiger partial charge in [0.25, 0.3) is 0 Å². The van der Waals surface area contributed by atoms with E-state index >= 15 is 0 Å². The summed E-state index contributed by atoms with van der Waals surface area (Å²) in [5, 5.41) is 2.46. The van der Waals surface area contributed by atoms with Gasteiger partial charge in [-0.2, -0.15) is 11.8 Å². The van der Waals surface area contributed by atoms with Crippen molar-refractivity contribution in [1.29, 1.82) is 0 Å². The highest BCUT2D eigenvalue weighted by Crippen LogP contribution is 1.95. The normalized spacial score (nSPS) is 14.3. The minimum Gasteiger partial charge on any atom is -0.467 e. The fraction of sp³-hybridized carbons (Fsp3) is 0.750. The zero-order valence-electron chi connectivity index (χ0n) is 8.57. The molecule has 0 fully saturated rings. The molecule has 2 unspecified atom stereocenters. The third kappa shape index (κ3) is 4.48. The van der Waals surface area contributed by atoms with Crippen molar-refractivity contribution in [1.82, 2.24) is 5.32 Å². The number of carbonyl (C=O) groups excluding carboxylic acids is 2. The lowest BCUT2D eigenvalue weighted by atomic mass is 10.3. The van der Waals surface area contributed by atoms with Crippen molar-refractivity contribution >= 4 is 23.6 Å². The first-order valence-corrected chi connectivity index (χ1v) is 5.55. The number of methoxy groups -OCH3 is 1. The Kier molecular flexibility index (Phi) is 6.31. The largest absolute Gasteiger partial charge is 0.467 e. The van der Waals surface area contributed by atoms with Crippen LogP contribution in [0, 0.1) is 0 Å². The predicted octanol–water partition coefficient (Wildman–Crippen LogP) is -0.646. The van der Waals surface area contributed by atoms with Crippen molar-refractivity contribution in [2.75, 3.05) is 19.1 Å². The quantitative estimate of drug-likeness (QED) is 0.602. The molecular weight excluding hydrogens is 204 g/mol. The maximum Gasteiger partial charge on any atom is 0.328 e. The van der Waals surface area contributed by atoms with Gasteiger partial charge in [0.2, 0.25) is 5.91 Å².